The predicted molar refractivity (Wildman–Crippen MR) is 87.0 cm³/mol. The molecule has 0 saturated carbocycles. The van der Waals surface area contributed by atoms with Gasteiger partial charge in [0.2, 0.25) is 0 Å². The number of likely N-dealkylation sites (N-methyl/N-ethyl adjacent to an activating group) is 1. The number of fused-ring (bicyclic) bond motifs is 1. The van der Waals surface area contributed by atoms with Gasteiger partial charge < -0.3 is 19.5 Å². The molecule has 6 heteroatoms. The van der Waals surface area contributed by atoms with Crippen molar-refractivity contribution >= 4 is 17.7 Å². The van der Waals surface area contributed by atoms with Crippen LogP contribution in [0.5, 0.6) is 0 Å². The molecule has 1 unspecified atom stereocenters. The molecule has 1 atom stereocenters. The molecule has 0 aromatic heterocycles. The summed E-state index contributed by atoms with van der Waals surface area (Å²) >= 11 is 6.11. The van der Waals surface area contributed by atoms with Crippen molar-refractivity contribution < 1.29 is 19.4 Å². The number of rotatable bonds is 5. The van der Waals surface area contributed by atoms with E-state index in [1.165, 1.54) is 16.0 Å². The lowest BCUT2D eigenvalue weighted by molar-refractivity contribution is -0.0519. The van der Waals surface area contributed by atoms with Crippen LogP contribution in [0.3, 0.4) is 0 Å². The third kappa shape index (κ3) is 3.47. The smallest absolute Gasteiger partial charge is 0.407 e. The SMILES string of the molecule is CN(CC1(CCC2OCCO2)CCc2cc(Cl)ccc21)C(=O)O. The van der Waals surface area contributed by atoms with Crippen LogP contribution in [0.15, 0.2) is 18.2 Å². The van der Waals surface area contributed by atoms with Gasteiger partial charge in [-0.25, -0.2) is 4.79 Å². The molecule has 1 aromatic carbocycles. The first-order valence-corrected chi connectivity index (χ1v) is 8.34. The maximum atomic E-state index is 11.3. The molecule has 1 aromatic rings. The van der Waals surface area contributed by atoms with Crippen LogP contribution in [-0.4, -0.2) is 49.2 Å². The molecule has 1 fully saturated rings. The minimum atomic E-state index is -0.903. The fourth-order valence-electron chi connectivity index (χ4n) is 3.79. The second-order valence-electron chi connectivity index (χ2n) is 6.43. The van der Waals surface area contributed by atoms with Gasteiger partial charge in [0.1, 0.15) is 0 Å². The fraction of sp³-hybridized carbons (Fsp3) is 0.588. The Morgan fingerprint density at radius 3 is 2.87 bits per heavy atom. The molecule has 5 nitrogen and oxygen atoms in total. The van der Waals surface area contributed by atoms with Crippen LogP contribution in [0, 0.1) is 0 Å². The molecule has 1 amide bonds. The van der Waals surface area contributed by atoms with Gasteiger partial charge in [0.25, 0.3) is 0 Å². The summed E-state index contributed by atoms with van der Waals surface area (Å²) in [5.74, 6) is 0. The van der Waals surface area contributed by atoms with Crippen molar-refractivity contribution in [2.45, 2.75) is 37.4 Å². The first kappa shape index (κ1) is 16.6. The maximum Gasteiger partial charge on any atom is 0.407 e. The number of aryl methyl sites for hydroxylation is 1. The van der Waals surface area contributed by atoms with Crippen LogP contribution in [0.1, 0.15) is 30.4 Å². The van der Waals surface area contributed by atoms with Crippen LogP contribution in [0.25, 0.3) is 0 Å². The molecular weight excluding hydrogens is 318 g/mol. The van der Waals surface area contributed by atoms with Crippen LogP contribution < -0.4 is 0 Å². The van der Waals surface area contributed by atoms with Crippen molar-refractivity contribution in [3.63, 3.8) is 0 Å². The molecule has 1 N–H and O–H groups in total. The minimum Gasteiger partial charge on any atom is -0.465 e. The quantitative estimate of drug-likeness (QED) is 0.894. The Hall–Kier alpha value is -1.30. The van der Waals surface area contributed by atoms with Gasteiger partial charge >= 0.3 is 6.09 Å². The van der Waals surface area contributed by atoms with Gasteiger partial charge in [0.15, 0.2) is 6.29 Å². The molecule has 1 aliphatic heterocycles. The molecular formula is C17H22ClNO4. The molecule has 2 aliphatic rings. The van der Waals surface area contributed by atoms with E-state index in [0.29, 0.717) is 19.8 Å². The van der Waals surface area contributed by atoms with Gasteiger partial charge in [-0.2, -0.15) is 0 Å². The summed E-state index contributed by atoms with van der Waals surface area (Å²) in [6.45, 7) is 1.75. The molecule has 1 saturated heterocycles. The Balaban J connectivity index is 1.84. The molecule has 23 heavy (non-hydrogen) atoms. The molecule has 3 rings (SSSR count). The zero-order valence-electron chi connectivity index (χ0n) is 13.3. The van der Waals surface area contributed by atoms with Crippen molar-refractivity contribution in [1.29, 1.82) is 0 Å². The average Bonchev–Trinajstić information content (AvgIpc) is 3.14. The van der Waals surface area contributed by atoms with E-state index in [2.05, 4.69) is 6.07 Å². The molecule has 1 aliphatic carbocycles. The number of ether oxygens (including phenoxy) is 2. The zero-order valence-corrected chi connectivity index (χ0v) is 14.0. The topological polar surface area (TPSA) is 59.0 Å². The van der Waals surface area contributed by atoms with Crippen molar-refractivity contribution in [2.24, 2.45) is 0 Å². The highest BCUT2D eigenvalue weighted by Crippen LogP contribution is 2.44. The number of hydrogen-bond donors (Lipinski definition) is 1. The van der Waals surface area contributed by atoms with Gasteiger partial charge in [0.05, 0.1) is 13.2 Å². The number of hydrogen-bond acceptors (Lipinski definition) is 3. The lowest BCUT2D eigenvalue weighted by atomic mass is 9.77. The Morgan fingerprint density at radius 1 is 1.43 bits per heavy atom. The monoisotopic (exact) mass is 339 g/mol. The lowest BCUT2D eigenvalue weighted by Crippen LogP contribution is -2.40. The molecule has 0 radical (unpaired) electrons. The molecule has 1 heterocycles. The lowest BCUT2D eigenvalue weighted by Gasteiger charge is -2.34. The van der Waals surface area contributed by atoms with Crippen LogP contribution >= 0.6 is 11.6 Å². The van der Waals surface area contributed by atoms with E-state index in [1.54, 1.807) is 7.05 Å². The van der Waals surface area contributed by atoms with E-state index in [0.717, 1.165) is 30.7 Å². The van der Waals surface area contributed by atoms with Gasteiger partial charge in [0, 0.05) is 24.0 Å². The number of carboxylic acid groups (broad SMARTS) is 1. The predicted octanol–water partition coefficient (Wildman–Crippen LogP) is 3.29. The van der Waals surface area contributed by atoms with Crippen LogP contribution in [0.2, 0.25) is 5.02 Å². The van der Waals surface area contributed by atoms with Gasteiger partial charge in [-0.1, -0.05) is 17.7 Å². The highest BCUT2D eigenvalue weighted by molar-refractivity contribution is 6.30. The van der Waals surface area contributed by atoms with E-state index in [-0.39, 0.29) is 11.7 Å². The molecule has 126 valence electrons. The summed E-state index contributed by atoms with van der Waals surface area (Å²) in [4.78, 5) is 12.7. The number of nitrogens with zero attached hydrogens (tertiary/aromatic N) is 1. The number of benzene rings is 1. The second kappa shape index (κ2) is 6.67. The first-order chi connectivity index (χ1) is 11.0. The highest BCUT2D eigenvalue weighted by Gasteiger charge is 2.41. The summed E-state index contributed by atoms with van der Waals surface area (Å²) in [7, 11) is 1.63. The first-order valence-electron chi connectivity index (χ1n) is 7.96. The van der Waals surface area contributed by atoms with Gasteiger partial charge in [-0.3, -0.25) is 0 Å². The summed E-state index contributed by atoms with van der Waals surface area (Å²) in [6.07, 6.45) is 2.39. The summed E-state index contributed by atoms with van der Waals surface area (Å²) < 4.78 is 11.1. The Kier molecular flexibility index (Phi) is 4.80. The number of amides is 1. The van der Waals surface area contributed by atoms with E-state index in [4.69, 9.17) is 21.1 Å². The van der Waals surface area contributed by atoms with E-state index in [9.17, 15) is 9.90 Å². The minimum absolute atomic E-state index is 0.168. The van der Waals surface area contributed by atoms with Crippen LogP contribution in [0.4, 0.5) is 4.79 Å². The molecule has 0 bridgehead atoms. The Labute approximate surface area is 141 Å². The third-order valence-electron chi connectivity index (χ3n) is 4.93. The normalized spacial score (nSPS) is 23.9. The fourth-order valence-corrected chi connectivity index (χ4v) is 3.98. The molecule has 0 spiro atoms. The summed E-state index contributed by atoms with van der Waals surface area (Å²) in [5.41, 5.74) is 2.25. The summed E-state index contributed by atoms with van der Waals surface area (Å²) in [5, 5.41) is 10.0. The Bertz CT molecular complexity index is 588. The van der Waals surface area contributed by atoms with Crippen molar-refractivity contribution in [3.8, 4) is 0 Å². The highest BCUT2D eigenvalue weighted by atomic mass is 35.5. The second-order valence-corrected chi connectivity index (χ2v) is 6.87. The van der Waals surface area contributed by atoms with Gasteiger partial charge in [-0.15, -0.1) is 0 Å². The number of halogens is 1. The van der Waals surface area contributed by atoms with Crippen molar-refractivity contribution in [3.05, 3.63) is 34.3 Å². The van der Waals surface area contributed by atoms with E-state index < -0.39 is 6.09 Å². The largest absolute Gasteiger partial charge is 0.465 e. The van der Waals surface area contributed by atoms with Gasteiger partial charge in [-0.05, 0) is 48.9 Å². The standard InChI is InChI=1S/C17H22ClNO4/c1-19(16(20)21)11-17(7-5-15-22-8-9-23-15)6-4-12-10-13(18)2-3-14(12)17/h2-3,10,15H,4-9,11H2,1H3,(H,20,21). The Morgan fingerprint density at radius 2 is 2.17 bits per heavy atom. The zero-order chi connectivity index (χ0) is 16.4. The third-order valence-corrected chi connectivity index (χ3v) is 5.16. The average molecular weight is 340 g/mol. The van der Waals surface area contributed by atoms with E-state index >= 15 is 0 Å². The van der Waals surface area contributed by atoms with E-state index in [1.807, 2.05) is 12.1 Å². The summed E-state index contributed by atoms with van der Waals surface area (Å²) in [6, 6.07) is 5.95. The number of carbonyl (C=O) groups is 1. The van der Waals surface area contributed by atoms with Crippen molar-refractivity contribution in [2.75, 3.05) is 26.8 Å². The van der Waals surface area contributed by atoms with Crippen LogP contribution in [-0.2, 0) is 21.3 Å². The van der Waals surface area contributed by atoms with Crippen molar-refractivity contribution in [1.82, 2.24) is 4.90 Å². The maximum absolute atomic E-state index is 11.3.